The van der Waals surface area contributed by atoms with Crippen molar-refractivity contribution in [2.24, 2.45) is 0 Å². The standard InChI is InChI=1S/C20H39NP.C19H37NP.C7H6.2ClH.Ru/c1-21(2)16-14-20(15-17-21)22(3,18-10-6-4-7-11-18)19-12-8-5-9-13-19;1-20(2)15-13-19(14-16-20)21(17-9-5-3-6-10-17)18-11-7-4-8-12-18;1-7-5-3-2-4-6-7;;;/h18-20H,3-17H2,1-2H3;17-19H,3-16H2,1-2H3;1-6H;2*1H;/q2*+1;;;;+2/p-1. The maximum absolute atomic E-state index is 5.67. The molecule has 2 aliphatic heterocycles. The van der Waals surface area contributed by atoms with Gasteiger partial charge in [-0.05, 0) is 103 Å². The van der Waals surface area contributed by atoms with Gasteiger partial charge in [-0.15, -0.1) is 7.26 Å². The monoisotopic (exact) mass is 897 g/mol. The summed E-state index contributed by atoms with van der Waals surface area (Å²) in [5, 5.41) is 0. The summed E-state index contributed by atoms with van der Waals surface area (Å²) in [7, 11) is 20.0. The SMILES string of the molecule is C[N+]1(C)CCC([PH+](C2CCCCC2)C2CCCCC2)CC1.[CH2-][P+](C1CCCCC1)(C1CCCCC1)C1CC[N+](C)(C)CC1.[Cl][Ru]([Cl])=[CH]c1ccccc1. The van der Waals surface area contributed by atoms with E-state index in [0.717, 1.165) is 22.5 Å². The van der Waals surface area contributed by atoms with Gasteiger partial charge in [0.1, 0.15) is 0 Å². The molecule has 0 radical (unpaired) electrons. The van der Waals surface area contributed by atoms with Gasteiger partial charge in [-0.1, -0.05) is 25.7 Å². The number of hydrogen-bond acceptors (Lipinski definition) is 0. The van der Waals surface area contributed by atoms with Crippen LogP contribution in [0.1, 0.15) is 160 Å². The maximum atomic E-state index is 5.67. The minimum absolute atomic E-state index is 0.106. The Balaban J connectivity index is 0.000000164. The van der Waals surface area contributed by atoms with Crippen molar-refractivity contribution in [3.63, 3.8) is 0 Å². The van der Waals surface area contributed by atoms with Crippen molar-refractivity contribution < 1.29 is 22.5 Å². The second-order valence-electron chi connectivity index (χ2n) is 19.7. The Bertz CT molecular complexity index is 1140. The van der Waals surface area contributed by atoms with Crippen LogP contribution in [0.5, 0.6) is 0 Å². The normalized spacial score (nSPS) is 26.2. The van der Waals surface area contributed by atoms with Crippen LogP contribution in [0.25, 0.3) is 0 Å². The number of rotatable bonds is 7. The molecule has 1 aromatic carbocycles. The molecule has 0 N–H and O–H groups in total. The molecule has 0 atom stereocenters. The molecule has 6 fully saturated rings. The van der Waals surface area contributed by atoms with Crippen LogP contribution in [-0.2, 0) is 13.5 Å². The van der Waals surface area contributed by atoms with Crippen LogP contribution < -0.4 is 0 Å². The van der Waals surface area contributed by atoms with E-state index in [1.54, 1.807) is 64.2 Å². The van der Waals surface area contributed by atoms with Gasteiger partial charge in [0.05, 0.1) is 77.0 Å². The molecule has 4 saturated carbocycles. The summed E-state index contributed by atoms with van der Waals surface area (Å²) in [5.41, 5.74) is 7.80. The van der Waals surface area contributed by atoms with E-state index in [1.165, 1.54) is 142 Å². The molecule has 7 rings (SSSR count). The van der Waals surface area contributed by atoms with E-state index >= 15 is 0 Å². The number of hydrogen-bond donors (Lipinski definition) is 0. The molecule has 0 amide bonds. The molecule has 7 heteroatoms. The van der Waals surface area contributed by atoms with Crippen molar-refractivity contribution in [1.29, 1.82) is 0 Å². The average molecular weight is 898 g/mol. The summed E-state index contributed by atoms with van der Waals surface area (Å²) in [6.45, 7) is 10.9. The molecule has 0 unspecified atom stereocenters. The molecular weight excluding hydrogens is 814 g/mol. The first-order valence-electron chi connectivity index (χ1n) is 22.6. The van der Waals surface area contributed by atoms with Crippen LogP contribution >= 0.6 is 34.6 Å². The van der Waals surface area contributed by atoms with Gasteiger partial charge in [-0.25, -0.2) is 0 Å². The zero-order chi connectivity index (χ0) is 37.7. The molecule has 1 aromatic rings. The topological polar surface area (TPSA) is 0 Å². The molecule has 306 valence electrons. The summed E-state index contributed by atoms with van der Waals surface area (Å²) in [5.74, 6) is 0. The quantitative estimate of drug-likeness (QED) is 0.111. The Morgan fingerprint density at radius 2 is 0.868 bits per heavy atom. The first-order valence-corrected chi connectivity index (χ1v) is 32.0. The fourth-order valence-electron chi connectivity index (χ4n) is 11.8. The van der Waals surface area contributed by atoms with Gasteiger partial charge in [-0.2, -0.15) is 6.66 Å². The van der Waals surface area contributed by atoms with Crippen LogP contribution in [0.15, 0.2) is 30.3 Å². The van der Waals surface area contributed by atoms with Crippen molar-refractivity contribution >= 4 is 39.2 Å². The zero-order valence-electron chi connectivity index (χ0n) is 34.9. The van der Waals surface area contributed by atoms with Crippen molar-refractivity contribution in [2.75, 3.05) is 54.4 Å². The van der Waals surface area contributed by atoms with Gasteiger partial charge in [-0.3, -0.25) is 0 Å². The first kappa shape index (κ1) is 45.2. The Kier molecular flexibility index (Phi) is 19.1. The minimum atomic E-state index is -1.61. The summed E-state index contributed by atoms with van der Waals surface area (Å²) in [6.07, 6.45) is 36.9. The molecule has 6 aliphatic rings. The van der Waals surface area contributed by atoms with Crippen molar-refractivity contribution in [3.8, 4) is 0 Å². The number of piperidine rings is 2. The van der Waals surface area contributed by atoms with E-state index in [0.29, 0.717) is 0 Å². The average Bonchev–Trinajstić information content (AvgIpc) is 3.17. The predicted molar refractivity (Wildman–Crippen MR) is 241 cm³/mol. The summed E-state index contributed by atoms with van der Waals surface area (Å²) >= 11 is -1.61. The molecule has 0 bridgehead atoms. The fraction of sp³-hybridized carbons (Fsp3) is 0.826. The summed E-state index contributed by atoms with van der Waals surface area (Å²) < 4.78 is 4.47. The summed E-state index contributed by atoms with van der Waals surface area (Å²) in [4.78, 5) is 0. The summed E-state index contributed by atoms with van der Waals surface area (Å²) in [6, 6.07) is 9.89. The van der Waals surface area contributed by atoms with E-state index in [2.05, 4.69) is 28.2 Å². The van der Waals surface area contributed by atoms with Gasteiger partial charge in [0, 0.05) is 44.9 Å². The second-order valence-corrected chi connectivity index (χ2v) is 33.1. The molecule has 0 aromatic heterocycles. The Morgan fingerprint density at radius 1 is 0.528 bits per heavy atom. The number of nitrogens with zero attached hydrogens (tertiary/aromatic N) is 2. The predicted octanol–water partition coefficient (Wildman–Crippen LogP) is 13.6. The van der Waals surface area contributed by atoms with Crippen LogP contribution in [0.2, 0.25) is 0 Å². The first-order chi connectivity index (χ1) is 25.5. The van der Waals surface area contributed by atoms with Gasteiger partial charge in [0.15, 0.2) is 0 Å². The van der Waals surface area contributed by atoms with Gasteiger partial charge in [0.25, 0.3) is 0 Å². The van der Waals surface area contributed by atoms with Crippen molar-refractivity contribution in [2.45, 2.75) is 188 Å². The van der Waals surface area contributed by atoms with Crippen LogP contribution in [-0.4, -0.2) is 102 Å². The zero-order valence-corrected chi connectivity index (χ0v) is 40.0. The molecular formula is C46H83Cl2N2P2Ru+3. The Hall–Kier alpha value is 1.07. The third-order valence-corrected chi connectivity index (χ3v) is 27.2. The molecule has 2 saturated heterocycles. The van der Waals surface area contributed by atoms with E-state index in [9.17, 15) is 0 Å². The Labute approximate surface area is 344 Å². The number of likely N-dealkylation sites (tertiary alicyclic amines) is 2. The fourth-order valence-corrected chi connectivity index (χ4v) is 24.4. The van der Waals surface area contributed by atoms with Crippen LogP contribution in [0, 0.1) is 6.66 Å². The van der Waals surface area contributed by atoms with Crippen molar-refractivity contribution in [3.05, 3.63) is 42.6 Å². The molecule has 0 spiro atoms. The molecule has 53 heavy (non-hydrogen) atoms. The molecule has 4 aliphatic carbocycles. The van der Waals surface area contributed by atoms with Gasteiger partial charge in [0.2, 0.25) is 0 Å². The van der Waals surface area contributed by atoms with Gasteiger partial charge < -0.3 is 8.97 Å². The number of benzene rings is 1. The van der Waals surface area contributed by atoms with Crippen molar-refractivity contribution in [1.82, 2.24) is 0 Å². The number of halogens is 2. The number of quaternary nitrogens is 2. The second kappa shape index (κ2) is 22.4. The van der Waals surface area contributed by atoms with E-state index in [1.807, 2.05) is 34.9 Å². The molecule has 2 heterocycles. The Morgan fingerprint density at radius 3 is 1.26 bits per heavy atom. The van der Waals surface area contributed by atoms with Gasteiger partial charge >= 0.3 is 73.4 Å². The van der Waals surface area contributed by atoms with E-state index < -0.39 is 20.8 Å². The van der Waals surface area contributed by atoms with E-state index in [4.69, 9.17) is 26.0 Å². The van der Waals surface area contributed by atoms with Crippen LogP contribution in [0.4, 0.5) is 0 Å². The van der Waals surface area contributed by atoms with E-state index in [-0.39, 0.29) is 7.92 Å². The third kappa shape index (κ3) is 14.1. The third-order valence-electron chi connectivity index (χ3n) is 15.1. The molecule has 2 nitrogen and oxygen atoms in total. The van der Waals surface area contributed by atoms with Crippen LogP contribution in [0.3, 0.4) is 0 Å².